The van der Waals surface area contributed by atoms with Crippen molar-refractivity contribution in [2.45, 2.75) is 43.5 Å². The normalized spacial score (nSPS) is 28.7. The number of benzene rings is 1. The molecule has 4 atom stereocenters. The van der Waals surface area contributed by atoms with Crippen molar-refractivity contribution in [1.29, 1.82) is 0 Å². The number of methoxy groups -OCH3 is 1. The molecule has 1 N–H and O–H groups in total. The first-order chi connectivity index (χ1) is 12.1. The Labute approximate surface area is 152 Å². The number of amides is 1. The number of fused-ring (bicyclic) bond motifs is 1. The Balaban J connectivity index is 1.86. The number of ether oxygens (including phenoxy) is 1. The molecular formula is C19H25NO4S. The highest BCUT2D eigenvalue weighted by Crippen LogP contribution is 2.46. The predicted molar refractivity (Wildman–Crippen MR) is 97.5 cm³/mol. The number of hydrogen-bond acceptors (Lipinski definition) is 4. The Hall–Kier alpha value is -1.69. The molecule has 136 valence electrons. The van der Waals surface area contributed by atoms with E-state index in [0.29, 0.717) is 11.8 Å². The van der Waals surface area contributed by atoms with Crippen molar-refractivity contribution in [3.63, 3.8) is 0 Å². The Morgan fingerprint density at radius 2 is 1.96 bits per heavy atom. The molecular weight excluding hydrogens is 338 g/mol. The van der Waals surface area contributed by atoms with E-state index in [1.165, 1.54) is 12.0 Å². The summed E-state index contributed by atoms with van der Waals surface area (Å²) >= 11 is 1.82. The van der Waals surface area contributed by atoms with E-state index in [-0.39, 0.29) is 23.8 Å². The van der Waals surface area contributed by atoms with Crippen LogP contribution >= 0.6 is 11.8 Å². The standard InChI is InChI=1S/C19H25NO4S/c1-24-18(21)14-9-5-6-10-16-17(14)15(12-25-16)20(19(22)23)11-13-7-3-2-4-8-13/h2-4,7-8,14-17H,5-6,9-12H2,1H3,(H,22,23). The summed E-state index contributed by atoms with van der Waals surface area (Å²) < 4.78 is 5.05. The predicted octanol–water partition coefficient (Wildman–Crippen LogP) is 3.63. The molecule has 0 radical (unpaired) electrons. The maximum absolute atomic E-state index is 12.4. The Morgan fingerprint density at radius 3 is 2.64 bits per heavy atom. The van der Waals surface area contributed by atoms with Gasteiger partial charge in [-0.1, -0.05) is 43.2 Å². The second-order valence-corrected chi connectivity index (χ2v) is 8.10. The average Bonchev–Trinajstić information content (AvgIpc) is 2.91. The molecule has 4 unspecified atom stereocenters. The third-order valence-corrected chi connectivity index (χ3v) is 6.93. The lowest BCUT2D eigenvalue weighted by atomic mass is 9.82. The van der Waals surface area contributed by atoms with Gasteiger partial charge in [-0.05, 0) is 18.4 Å². The Morgan fingerprint density at radius 1 is 1.24 bits per heavy atom. The molecule has 1 aromatic rings. The first-order valence-corrected chi connectivity index (χ1v) is 9.89. The molecule has 2 fully saturated rings. The lowest BCUT2D eigenvalue weighted by Crippen LogP contribution is -2.47. The fraction of sp³-hybridized carbons (Fsp3) is 0.579. The Kier molecular flexibility index (Phi) is 5.89. The van der Waals surface area contributed by atoms with Gasteiger partial charge in [-0.3, -0.25) is 9.69 Å². The highest BCUT2D eigenvalue weighted by Gasteiger charge is 2.48. The number of hydrogen-bond donors (Lipinski definition) is 1. The monoisotopic (exact) mass is 363 g/mol. The number of carboxylic acid groups (broad SMARTS) is 1. The molecule has 1 heterocycles. The first kappa shape index (κ1) is 18.1. The third-order valence-electron chi connectivity index (χ3n) is 5.42. The second-order valence-electron chi connectivity index (χ2n) is 6.83. The molecule has 25 heavy (non-hydrogen) atoms. The molecule has 1 aliphatic heterocycles. The zero-order valence-electron chi connectivity index (χ0n) is 14.5. The fourth-order valence-electron chi connectivity index (χ4n) is 4.23. The topological polar surface area (TPSA) is 66.8 Å². The maximum Gasteiger partial charge on any atom is 0.407 e. The summed E-state index contributed by atoms with van der Waals surface area (Å²) in [6.45, 7) is 0.360. The maximum atomic E-state index is 12.4. The zero-order valence-corrected chi connectivity index (χ0v) is 15.3. The molecule has 5 nitrogen and oxygen atoms in total. The number of carbonyl (C=O) groups is 2. The SMILES string of the molecule is COC(=O)C1CCCCC2SCC(N(Cc3ccccc3)C(=O)O)C21. The minimum absolute atomic E-state index is 0.0414. The van der Waals surface area contributed by atoms with Crippen LogP contribution in [0, 0.1) is 11.8 Å². The van der Waals surface area contributed by atoms with Gasteiger partial charge in [-0.15, -0.1) is 0 Å². The van der Waals surface area contributed by atoms with E-state index in [9.17, 15) is 14.7 Å². The van der Waals surface area contributed by atoms with Crippen LogP contribution in [0.2, 0.25) is 0 Å². The van der Waals surface area contributed by atoms with Gasteiger partial charge < -0.3 is 9.84 Å². The van der Waals surface area contributed by atoms with E-state index in [1.54, 1.807) is 0 Å². The smallest absolute Gasteiger partial charge is 0.407 e. The van der Waals surface area contributed by atoms with Gasteiger partial charge in [0.25, 0.3) is 0 Å². The lowest BCUT2D eigenvalue weighted by molar-refractivity contribution is -0.148. The highest BCUT2D eigenvalue weighted by molar-refractivity contribution is 8.00. The molecule has 1 saturated carbocycles. The molecule has 1 amide bonds. The number of carbonyl (C=O) groups excluding carboxylic acids is 1. The molecule has 0 spiro atoms. The van der Waals surface area contributed by atoms with Gasteiger partial charge in [-0.2, -0.15) is 11.8 Å². The molecule has 1 saturated heterocycles. The molecule has 0 aromatic heterocycles. The van der Waals surface area contributed by atoms with Crippen molar-refractivity contribution in [3.05, 3.63) is 35.9 Å². The molecule has 6 heteroatoms. The van der Waals surface area contributed by atoms with Crippen molar-refractivity contribution in [2.24, 2.45) is 11.8 Å². The van der Waals surface area contributed by atoms with E-state index in [0.717, 1.165) is 37.0 Å². The number of esters is 1. The first-order valence-electron chi connectivity index (χ1n) is 8.84. The van der Waals surface area contributed by atoms with Crippen molar-refractivity contribution >= 4 is 23.8 Å². The number of nitrogens with zero attached hydrogens (tertiary/aromatic N) is 1. The largest absolute Gasteiger partial charge is 0.469 e. The van der Waals surface area contributed by atoms with Gasteiger partial charge in [0.05, 0.1) is 13.0 Å². The minimum atomic E-state index is -0.914. The van der Waals surface area contributed by atoms with Gasteiger partial charge in [0, 0.05) is 29.5 Å². The van der Waals surface area contributed by atoms with E-state index in [1.807, 2.05) is 42.1 Å². The van der Waals surface area contributed by atoms with E-state index in [2.05, 4.69) is 0 Å². The van der Waals surface area contributed by atoms with Gasteiger partial charge in [-0.25, -0.2) is 4.79 Å². The van der Waals surface area contributed by atoms with Crippen molar-refractivity contribution in [3.8, 4) is 0 Å². The summed E-state index contributed by atoms with van der Waals surface area (Å²) in [5.41, 5.74) is 0.974. The van der Waals surface area contributed by atoms with Crippen LogP contribution in [-0.2, 0) is 16.1 Å². The molecule has 2 aliphatic rings. The van der Waals surface area contributed by atoms with E-state index >= 15 is 0 Å². The van der Waals surface area contributed by atoms with Crippen LogP contribution in [0.5, 0.6) is 0 Å². The molecule has 0 bridgehead atoms. The summed E-state index contributed by atoms with van der Waals surface area (Å²) in [6.07, 6.45) is 3.04. The van der Waals surface area contributed by atoms with Crippen LogP contribution in [-0.4, -0.2) is 46.2 Å². The van der Waals surface area contributed by atoms with Gasteiger partial charge in [0.2, 0.25) is 0 Å². The number of thioether (sulfide) groups is 1. The van der Waals surface area contributed by atoms with E-state index < -0.39 is 6.09 Å². The minimum Gasteiger partial charge on any atom is -0.469 e. The molecule has 1 aliphatic carbocycles. The van der Waals surface area contributed by atoms with Crippen LogP contribution in [0.1, 0.15) is 31.2 Å². The summed E-state index contributed by atoms with van der Waals surface area (Å²) in [4.78, 5) is 25.9. The summed E-state index contributed by atoms with van der Waals surface area (Å²) in [5, 5.41) is 10.2. The van der Waals surface area contributed by atoms with Crippen LogP contribution < -0.4 is 0 Å². The van der Waals surface area contributed by atoms with Gasteiger partial charge in [0.1, 0.15) is 0 Å². The van der Waals surface area contributed by atoms with Crippen molar-refractivity contribution in [2.75, 3.05) is 12.9 Å². The quantitative estimate of drug-likeness (QED) is 0.828. The summed E-state index contributed by atoms with van der Waals surface area (Å²) in [6, 6.07) is 9.51. The Bertz CT molecular complexity index is 609. The van der Waals surface area contributed by atoms with Crippen molar-refractivity contribution in [1.82, 2.24) is 4.90 Å². The van der Waals surface area contributed by atoms with E-state index in [4.69, 9.17) is 4.74 Å². The van der Waals surface area contributed by atoms with Gasteiger partial charge >= 0.3 is 12.1 Å². The third kappa shape index (κ3) is 3.94. The summed E-state index contributed by atoms with van der Waals surface area (Å²) in [5.74, 6) is 0.409. The van der Waals surface area contributed by atoms with Crippen LogP contribution in [0.3, 0.4) is 0 Å². The van der Waals surface area contributed by atoms with Crippen LogP contribution in [0.25, 0.3) is 0 Å². The summed E-state index contributed by atoms with van der Waals surface area (Å²) in [7, 11) is 1.43. The van der Waals surface area contributed by atoms with Crippen molar-refractivity contribution < 1.29 is 19.4 Å². The number of rotatable bonds is 4. The van der Waals surface area contributed by atoms with Crippen LogP contribution in [0.15, 0.2) is 30.3 Å². The molecule has 1 aromatic carbocycles. The van der Waals surface area contributed by atoms with Crippen LogP contribution in [0.4, 0.5) is 4.79 Å². The lowest BCUT2D eigenvalue weighted by Gasteiger charge is -2.34. The zero-order chi connectivity index (χ0) is 17.8. The second kappa shape index (κ2) is 8.13. The molecule has 3 rings (SSSR count). The van der Waals surface area contributed by atoms with Gasteiger partial charge in [0.15, 0.2) is 0 Å². The average molecular weight is 363 g/mol. The highest BCUT2D eigenvalue weighted by atomic mass is 32.2. The fourth-order valence-corrected chi connectivity index (χ4v) is 6.00.